The van der Waals surface area contributed by atoms with Gasteiger partial charge in [-0.3, -0.25) is 14.5 Å². The first kappa shape index (κ1) is 30.3. The summed E-state index contributed by atoms with van der Waals surface area (Å²) in [6.45, 7) is 6.48. The van der Waals surface area contributed by atoms with E-state index < -0.39 is 17.9 Å². The zero-order chi connectivity index (χ0) is 26.4. The van der Waals surface area contributed by atoms with Gasteiger partial charge >= 0.3 is 35.5 Å². The van der Waals surface area contributed by atoms with Crippen molar-refractivity contribution >= 4 is 41.4 Å². The molecule has 1 amide bonds. The van der Waals surface area contributed by atoms with Crippen LogP contribution in [0.1, 0.15) is 62.6 Å². The summed E-state index contributed by atoms with van der Waals surface area (Å²) in [6.07, 6.45) is 3.94. The van der Waals surface area contributed by atoms with Crippen molar-refractivity contribution in [1.82, 2.24) is 9.80 Å². The Morgan fingerprint density at radius 2 is 1.63 bits per heavy atom. The third-order valence-corrected chi connectivity index (χ3v) is 7.42. The molecule has 1 saturated heterocycles. The molecule has 2 aromatic carbocycles. The van der Waals surface area contributed by atoms with Crippen molar-refractivity contribution in [3.05, 3.63) is 53.6 Å². The molecule has 1 fully saturated rings. The van der Waals surface area contributed by atoms with E-state index in [0.29, 0.717) is 23.8 Å². The minimum absolute atomic E-state index is 0. The van der Waals surface area contributed by atoms with Crippen molar-refractivity contribution < 1.29 is 28.9 Å². The van der Waals surface area contributed by atoms with Gasteiger partial charge < -0.3 is 24.2 Å². The number of nitrogens with zero attached hydrogens (tertiary/aromatic N) is 2. The maximum absolute atomic E-state index is 13.5. The summed E-state index contributed by atoms with van der Waals surface area (Å²) in [5.41, 5.74) is 1.73. The van der Waals surface area contributed by atoms with Gasteiger partial charge in [0.1, 0.15) is 5.75 Å². The Morgan fingerprint density at radius 3 is 2.24 bits per heavy atom. The van der Waals surface area contributed by atoms with Crippen LogP contribution in [0.5, 0.6) is 17.2 Å². The molecular formula is C29H39N2NaO6. The molecule has 0 spiro atoms. The van der Waals surface area contributed by atoms with Gasteiger partial charge in [0.05, 0.1) is 19.6 Å². The van der Waals surface area contributed by atoms with Crippen molar-refractivity contribution in [2.75, 3.05) is 40.1 Å². The number of carboxylic acids is 1. The summed E-state index contributed by atoms with van der Waals surface area (Å²) in [5.74, 6) is 0.113. The Bertz CT molecular complexity index is 1070. The van der Waals surface area contributed by atoms with E-state index in [0.717, 1.165) is 49.9 Å². The maximum atomic E-state index is 13.5. The van der Waals surface area contributed by atoms with Crippen LogP contribution in [-0.4, -0.2) is 96.4 Å². The molecule has 0 aliphatic carbocycles. The fourth-order valence-corrected chi connectivity index (χ4v) is 5.41. The van der Waals surface area contributed by atoms with E-state index in [1.165, 1.54) is 0 Å². The number of benzene rings is 2. The monoisotopic (exact) mass is 534 g/mol. The first-order valence-electron chi connectivity index (χ1n) is 13.2. The van der Waals surface area contributed by atoms with E-state index in [4.69, 9.17) is 14.2 Å². The van der Waals surface area contributed by atoms with Crippen LogP contribution >= 0.6 is 0 Å². The molecule has 2 aliphatic rings. The van der Waals surface area contributed by atoms with E-state index in [1.54, 1.807) is 7.11 Å². The predicted octanol–water partition coefficient (Wildman–Crippen LogP) is 4.05. The number of carboxylic acid groups (broad SMARTS) is 1. The van der Waals surface area contributed by atoms with Crippen LogP contribution < -0.4 is 14.2 Å². The fourth-order valence-electron chi connectivity index (χ4n) is 5.41. The fraction of sp³-hybridized carbons (Fsp3) is 0.517. The topological polar surface area (TPSA) is 88.5 Å². The van der Waals surface area contributed by atoms with Crippen molar-refractivity contribution in [3.63, 3.8) is 0 Å². The SMILES string of the molecule is CCCCN(CCCC)C(=O)CN1CC(c2ccc3c(c2)OCO3)C(C(=O)O)C1c1ccc(OC)cc1.[NaH]. The standard InChI is InChI=1S/C29H38N2O6.Na.H/c1-4-6-14-30(15-7-5-2)26(32)18-31-17-23(21-10-13-24-25(16-21)37-19-36-24)27(29(33)34)28(31)20-8-11-22(35-3)12-9-20;;/h8-13,16,23,27-28H,4-7,14-15,17-19H2,1-3H3,(H,33,34);;. The molecule has 3 atom stereocenters. The van der Waals surface area contributed by atoms with Crippen LogP contribution in [0.25, 0.3) is 0 Å². The molecule has 38 heavy (non-hydrogen) atoms. The van der Waals surface area contributed by atoms with Crippen molar-refractivity contribution in [1.29, 1.82) is 0 Å². The van der Waals surface area contributed by atoms with E-state index in [1.807, 2.05) is 52.3 Å². The number of carbonyl (C=O) groups is 2. The van der Waals surface area contributed by atoms with E-state index in [-0.39, 0.29) is 54.7 Å². The molecule has 2 heterocycles. The molecule has 1 N–H and O–H groups in total. The first-order chi connectivity index (χ1) is 18.0. The van der Waals surface area contributed by atoms with Gasteiger partial charge in [-0.2, -0.15) is 0 Å². The quantitative estimate of drug-likeness (QED) is 0.411. The Hall–Kier alpha value is -2.26. The molecule has 9 heteroatoms. The van der Waals surface area contributed by atoms with Gasteiger partial charge in [0, 0.05) is 31.6 Å². The van der Waals surface area contributed by atoms with Gasteiger partial charge in [-0.05, 0) is 48.2 Å². The molecule has 2 aromatic rings. The zero-order valence-corrected chi connectivity index (χ0v) is 22.0. The van der Waals surface area contributed by atoms with Crippen molar-refractivity contribution in [2.45, 2.75) is 51.5 Å². The molecule has 3 unspecified atom stereocenters. The molecule has 2 aliphatic heterocycles. The van der Waals surface area contributed by atoms with Crippen LogP contribution in [0.3, 0.4) is 0 Å². The number of methoxy groups -OCH3 is 1. The predicted molar refractivity (Wildman–Crippen MR) is 147 cm³/mol. The molecule has 8 nitrogen and oxygen atoms in total. The van der Waals surface area contributed by atoms with E-state index in [9.17, 15) is 14.7 Å². The number of hydrogen-bond donors (Lipinski definition) is 1. The second-order valence-electron chi connectivity index (χ2n) is 9.82. The van der Waals surface area contributed by atoms with Crippen LogP contribution in [0.4, 0.5) is 0 Å². The number of carbonyl (C=O) groups excluding carboxylic acids is 1. The molecule has 4 rings (SSSR count). The van der Waals surface area contributed by atoms with Crippen molar-refractivity contribution in [2.24, 2.45) is 5.92 Å². The van der Waals surface area contributed by atoms with Crippen LogP contribution in [-0.2, 0) is 9.59 Å². The first-order valence-corrected chi connectivity index (χ1v) is 13.2. The van der Waals surface area contributed by atoms with Crippen molar-refractivity contribution in [3.8, 4) is 17.2 Å². The average molecular weight is 535 g/mol. The number of rotatable bonds is 12. The summed E-state index contributed by atoms with van der Waals surface area (Å²) >= 11 is 0. The number of likely N-dealkylation sites (tertiary alicyclic amines) is 1. The summed E-state index contributed by atoms with van der Waals surface area (Å²) in [5, 5.41) is 10.5. The Morgan fingerprint density at radius 1 is 1.00 bits per heavy atom. The number of ether oxygens (including phenoxy) is 3. The Labute approximate surface area is 247 Å². The van der Waals surface area contributed by atoms with Crippen LogP contribution in [0.15, 0.2) is 42.5 Å². The molecule has 0 radical (unpaired) electrons. The summed E-state index contributed by atoms with van der Waals surface area (Å²) < 4.78 is 16.3. The number of unbranched alkanes of at least 4 members (excludes halogenated alkanes) is 2. The molecular weight excluding hydrogens is 495 g/mol. The third-order valence-electron chi connectivity index (χ3n) is 7.42. The Kier molecular flexibility index (Phi) is 11.3. The molecule has 202 valence electrons. The van der Waals surface area contributed by atoms with E-state index in [2.05, 4.69) is 13.8 Å². The van der Waals surface area contributed by atoms with Gasteiger partial charge in [0.2, 0.25) is 12.7 Å². The average Bonchev–Trinajstić information content (AvgIpc) is 3.53. The number of hydrogen-bond acceptors (Lipinski definition) is 6. The van der Waals surface area contributed by atoms with Gasteiger partial charge in [0.25, 0.3) is 0 Å². The summed E-state index contributed by atoms with van der Waals surface area (Å²) in [6, 6.07) is 12.7. The normalized spacial score (nSPS) is 20.1. The van der Waals surface area contributed by atoms with Gasteiger partial charge in [-0.25, -0.2) is 0 Å². The number of aliphatic carboxylic acids is 1. The van der Waals surface area contributed by atoms with Gasteiger partial charge in [-0.15, -0.1) is 0 Å². The van der Waals surface area contributed by atoms with Crippen LogP contribution in [0.2, 0.25) is 0 Å². The zero-order valence-electron chi connectivity index (χ0n) is 22.0. The Balaban J connectivity index is 0.00000400. The van der Waals surface area contributed by atoms with E-state index >= 15 is 0 Å². The number of fused-ring (bicyclic) bond motifs is 1. The third kappa shape index (κ3) is 6.84. The van der Waals surface area contributed by atoms with Crippen LogP contribution in [0, 0.1) is 5.92 Å². The van der Waals surface area contributed by atoms with Gasteiger partial charge in [-0.1, -0.05) is 44.9 Å². The summed E-state index contributed by atoms with van der Waals surface area (Å²) in [4.78, 5) is 30.3. The minimum atomic E-state index is -0.882. The van der Waals surface area contributed by atoms with Gasteiger partial charge in [0.15, 0.2) is 11.5 Å². The molecule has 0 saturated carbocycles. The molecule has 0 aromatic heterocycles. The second-order valence-corrected chi connectivity index (χ2v) is 9.82. The molecule has 0 bridgehead atoms. The summed E-state index contributed by atoms with van der Waals surface area (Å²) in [7, 11) is 1.60. The number of amides is 1. The second kappa shape index (κ2) is 14.2.